The molecule has 12 heavy (non-hydrogen) atoms. The van der Waals surface area contributed by atoms with Crippen molar-refractivity contribution in [2.45, 2.75) is 27.7 Å². The van der Waals surface area contributed by atoms with Gasteiger partial charge in [-0.05, 0) is 49.9 Å². The molecule has 0 bridgehead atoms. The zero-order valence-electron chi connectivity index (χ0n) is 7.52. The van der Waals surface area contributed by atoms with Gasteiger partial charge in [0.25, 0.3) is 0 Å². The van der Waals surface area contributed by atoms with Crippen LogP contribution in [0.5, 0.6) is 5.75 Å². The molecule has 1 aromatic carbocycles. The maximum absolute atomic E-state index is 9.51. The standard InChI is InChI=1S/C10H14O.Li.H/c1-6-5-7(2)10(11)9(4)8(6)3;;/h5,11H,1-4H3;;. The minimum atomic E-state index is 0. The summed E-state index contributed by atoms with van der Waals surface area (Å²) in [5.74, 6) is 0.438. The van der Waals surface area contributed by atoms with E-state index in [1.165, 1.54) is 11.1 Å². The molecule has 62 valence electrons. The third-order valence-corrected chi connectivity index (χ3v) is 2.32. The molecule has 0 fully saturated rings. The maximum atomic E-state index is 9.51. The van der Waals surface area contributed by atoms with Crippen LogP contribution in [0.3, 0.4) is 0 Å². The van der Waals surface area contributed by atoms with Gasteiger partial charge in [-0.15, -0.1) is 0 Å². The summed E-state index contributed by atoms with van der Waals surface area (Å²) in [5.41, 5.74) is 4.40. The Kier molecular flexibility index (Phi) is 3.90. The van der Waals surface area contributed by atoms with Crippen molar-refractivity contribution in [1.29, 1.82) is 0 Å². The summed E-state index contributed by atoms with van der Waals surface area (Å²) < 4.78 is 0. The van der Waals surface area contributed by atoms with Crippen molar-refractivity contribution in [1.82, 2.24) is 0 Å². The topological polar surface area (TPSA) is 20.2 Å². The van der Waals surface area contributed by atoms with Crippen molar-refractivity contribution in [3.8, 4) is 5.75 Å². The Bertz CT molecular complexity index is 266. The average Bonchev–Trinajstić information content (AvgIpc) is 1.97. The number of benzene rings is 1. The van der Waals surface area contributed by atoms with Crippen LogP contribution >= 0.6 is 0 Å². The van der Waals surface area contributed by atoms with Crippen LogP contribution in [0.1, 0.15) is 22.3 Å². The predicted octanol–water partition coefficient (Wildman–Crippen LogP) is 1.98. The van der Waals surface area contributed by atoms with E-state index in [4.69, 9.17) is 0 Å². The van der Waals surface area contributed by atoms with Gasteiger partial charge in [0, 0.05) is 0 Å². The molecule has 0 atom stereocenters. The Morgan fingerprint density at radius 2 is 1.42 bits per heavy atom. The fourth-order valence-corrected chi connectivity index (χ4v) is 1.27. The molecule has 0 saturated carbocycles. The first-order valence-electron chi connectivity index (χ1n) is 3.80. The molecule has 0 aliphatic carbocycles. The van der Waals surface area contributed by atoms with Gasteiger partial charge in [-0.3, -0.25) is 0 Å². The Hall–Kier alpha value is -0.383. The molecule has 0 unspecified atom stereocenters. The first kappa shape index (κ1) is 11.6. The van der Waals surface area contributed by atoms with E-state index >= 15 is 0 Å². The number of phenols is 1. The van der Waals surface area contributed by atoms with E-state index in [0.29, 0.717) is 5.75 Å². The van der Waals surface area contributed by atoms with Crippen molar-refractivity contribution in [3.63, 3.8) is 0 Å². The molecule has 0 aliphatic rings. The molecule has 1 nitrogen and oxygen atoms in total. The van der Waals surface area contributed by atoms with E-state index in [1.807, 2.05) is 26.8 Å². The first-order valence-corrected chi connectivity index (χ1v) is 3.80. The van der Waals surface area contributed by atoms with Crippen molar-refractivity contribution in [2.75, 3.05) is 0 Å². The zero-order valence-corrected chi connectivity index (χ0v) is 7.52. The quantitative estimate of drug-likeness (QED) is 0.572. The van der Waals surface area contributed by atoms with Crippen LogP contribution in [0.4, 0.5) is 0 Å². The van der Waals surface area contributed by atoms with Crippen LogP contribution in [0.25, 0.3) is 0 Å². The molecule has 1 N–H and O–H groups in total. The first-order chi connectivity index (χ1) is 5.04. The fourth-order valence-electron chi connectivity index (χ4n) is 1.27. The summed E-state index contributed by atoms with van der Waals surface area (Å²) in [6, 6.07) is 2.01. The van der Waals surface area contributed by atoms with Crippen LogP contribution < -0.4 is 0 Å². The van der Waals surface area contributed by atoms with Crippen LogP contribution in [0.15, 0.2) is 6.07 Å². The van der Waals surface area contributed by atoms with Crippen LogP contribution in [0.2, 0.25) is 0 Å². The third kappa shape index (κ3) is 1.86. The number of rotatable bonds is 0. The Balaban J connectivity index is 0.00000121. The minimum absolute atomic E-state index is 0. The summed E-state index contributed by atoms with van der Waals surface area (Å²) in [4.78, 5) is 0. The van der Waals surface area contributed by atoms with Gasteiger partial charge in [0.2, 0.25) is 0 Å². The fraction of sp³-hybridized carbons (Fsp3) is 0.400. The molecular formula is C10H15LiO. The second kappa shape index (κ2) is 4.03. The molecule has 0 aromatic heterocycles. The van der Waals surface area contributed by atoms with Crippen molar-refractivity contribution < 1.29 is 5.11 Å². The van der Waals surface area contributed by atoms with E-state index in [0.717, 1.165) is 11.1 Å². The second-order valence-electron chi connectivity index (χ2n) is 3.11. The van der Waals surface area contributed by atoms with Gasteiger partial charge in [0.15, 0.2) is 0 Å². The van der Waals surface area contributed by atoms with Crippen molar-refractivity contribution in [2.24, 2.45) is 0 Å². The molecule has 0 heterocycles. The summed E-state index contributed by atoms with van der Waals surface area (Å²) in [6.45, 7) is 7.97. The number of aryl methyl sites for hydroxylation is 2. The average molecular weight is 158 g/mol. The predicted molar refractivity (Wildman–Crippen MR) is 54.2 cm³/mol. The zero-order chi connectivity index (χ0) is 8.59. The van der Waals surface area contributed by atoms with E-state index < -0.39 is 0 Å². The SMILES string of the molecule is Cc1cc(C)c(O)c(C)c1C.[LiH]. The third-order valence-electron chi connectivity index (χ3n) is 2.32. The van der Waals surface area contributed by atoms with Gasteiger partial charge in [-0.1, -0.05) is 6.07 Å². The summed E-state index contributed by atoms with van der Waals surface area (Å²) in [5, 5.41) is 9.51. The molecular weight excluding hydrogens is 143 g/mol. The Morgan fingerprint density at radius 1 is 0.917 bits per heavy atom. The summed E-state index contributed by atoms with van der Waals surface area (Å²) in [7, 11) is 0. The van der Waals surface area contributed by atoms with E-state index in [9.17, 15) is 5.11 Å². The van der Waals surface area contributed by atoms with E-state index in [2.05, 4.69) is 6.92 Å². The molecule has 0 spiro atoms. The van der Waals surface area contributed by atoms with Gasteiger partial charge < -0.3 is 5.11 Å². The van der Waals surface area contributed by atoms with Gasteiger partial charge >= 0.3 is 18.9 Å². The van der Waals surface area contributed by atoms with Crippen LogP contribution in [0, 0.1) is 27.7 Å². The van der Waals surface area contributed by atoms with Crippen molar-refractivity contribution >= 4 is 18.9 Å². The molecule has 0 saturated heterocycles. The Labute approximate surface area is 86.0 Å². The number of hydrogen-bond acceptors (Lipinski definition) is 1. The van der Waals surface area contributed by atoms with Gasteiger partial charge in [-0.2, -0.15) is 0 Å². The number of phenolic OH excluding ortho intramolecular Hbond substituents is 1. The molecule has 0 aliphatic heterocycles. The van der Waals surface area contributed by atoms with Crippen LogP contribution in [-0.4, -0.2) is 24.0 Å². The molecule has 1 aromatic rings. The number of hydrogen-bond donors (Lipinski definition) is 1. The van der Waals surface area contributed by atoms with Gasteiger partial charge in [-0.25, -0.2) is 0 Å². The second-order valence-corrected chi connectivity index (χ2v) is 3.11. The van der Waals surface area contributed by atoms with Gasteiger partial charge in [0.05, 0.1) is 0 Å². The molecule has 0 radical (unpaired) electrons. The normalized spacial score (nSPS) is 9.33. The molecule has 1 rings (SSSR count). The molecule has 0 amide bonds. The van der Waals surface area contributed by atoms with Gasteiger partial charge in [0.1, 0.15) is 5.75 Å². The summed E-state index contributed by atoms with van der Waals surface area (Å²) in [6.07, 6.45) is 0. The summed E-state index contributed by atoms with van der Waals surface area (Å²) >= 11 is 0. The van der Waals surface area contributed by atoms with Crippen LogP contribution in [-0.2, 0) is 0 Å². The van der Waals surface area contributed by atoms with E-state index in [-0.39, 0.29) is 18.9 Å². The Morgan fingerprint density at radius 3 is 1.92 bits per heavy atom. The monoisotopic (exact) mass is 158 g/mol. The van der Waals surface area contributed by atoms with Crippen molar-refractivity contribution in [3.05, 3.63) is 28.3 Å². The molecule has 2 heteroatoms. The van der Waals surface area contributed by atoms with E-state index in [1.54, 1.807) is 0 Å². The number of aromatic hydroxyl groups is 1.